The minimum absolute atomic E-state index is 0.268. The van der Waals surface area contributed by atoms with Crippen molar-refractivity contribution >= 4 is 27.0 Å². The summed E-state index contributed by atoms with van der Waals surface area (Å²) >= 11 is 1.44. The first-order valence-corrected chi connectivity index (χ1v) is 10.6. The van der Waals surface area contributed by atoms with Gasteiger partial charge in [-0.05, 0) is 54.1 Å². The highest BCUT2D eigenvalue weighted by molar-refractivity contribution is 7.93. The molecular weight excluding hydrogens is 383 g/mol. The zero-order valence-corrected chi connectivity index (χ0v) is 16.4. The van der Waals surface area contributed by atoms with Crippen molar-refractivity contribution in [3.8, 4) is 27.6 Å². The molecule has 0 aliphatic carbocycles. The van der Waals surface area contributed by atoms with Crippen LogP contribution in [0.3, 0.4) is 0 Å². The summed E-state index contributed by atoms with van der Waals surface area (Å²) in [5.41, 5.74) is 3.11. The molecule has 0 radical (unpaired) electrons. The molecule has 138 valence electrons. The van der Waals surface area contributed by atoms with Crippen molar-refractivity contribution in [2.75, 3.05) is 4.72 Å². The standard InChI is InChI=1S/C20H17FN2O2S2/c1-13(2)27(24,25)23-19-9-10-26-20(19)15-5-3-14(4-6-15)18-8-7-17(21)11-16(18)12-22/h3-11,13,23H,1-2H3. The van der Waals surface area contributed by atoms with Crippen molar-refractivity contribution in [2.45, 2.75) is 19.1 Å². The molecule has 3 aromatic rings. The minimum Gasteiger partial charge on any atom is -0.282 e. The van der Waals surface area contributed by atoms with E-state index in [1.165, 1.54) is 23.5 Å². The van der Waals surface area contributed by atoms with E-state index in [2.05, 4.69) is 4.72 Å². The van der Waals surface area contributed by atoms with Gasteiger partial charge in [-0.3, -0.25) is 4.72 Å². The van der Waals surface area contributed by atoms with E-state index >= 15 is 0 Å². The number of anilines is 1. The molecule has 0 unspecified atom stereocenters. The van der Waals surface area contributed by atoms with Crippen LogP contribution in [0.1, 0.15) is 19.4 Å². The number of benzene rings is 2. The highest BCUT2D eigenvalue weighted by Crippen LogP contribution is 2.36. The van der Waals surface area contributed by atoms with E-state index in [1.54, 1.807) is 26.0 Å². The lowest BCUT2D eigenvalue weighted by molar-refractivity contribution is 0.593. The Balaban J connectivity index is 1.94. The Bertz CT molecular complexity index is 1110. The fraction of sp³-hybridized carbons (Fsp3) is 0.150. The number of hydrogen-bond acceptors (Lipinski definition) is 4. The van der Waals surface area contributed by atoms with E-state index in [-0.39, 0.29) is 5.56 Å². The fourth-order valence-corrected chi connectivity index (χ4v) is 4.18. The van der Waals surface area contributed by atoms with Crippen LogP contribution < -0.4 is 4.72 Å². The van der Waals surface area contributed by atoms with E-state index in [1.807, 2.05) is 35.7 Å². The second-order valence-electron chi connectivity index (χ2n) is 6.24. The Morgan fingerprint density at radius 1 is 1.07 bits per heavy atom. The zero-order chi connectivity index (χ0) is 19.6. The Morgan fingerprint density at radius 3 is 2.37 bits per heavy atom. The first-order valence-electron chi connectivity index (χ1n) is 8.21. The van der Waals surface area contributed by atoms with Crippen molar-refractivity contribution in [1.82, 2.24) is 0 Å². The van der Waals surface area contributed by atoms with Crippen LogP contribution in [0.4, 0.5) is 10.1 Å². The predicted molar refractivity (Wildman–Crippen MR) is 108 cm³/mol. The first kappa shape index (κ1) is 19.1. The highest BCUT2D eigenvalue weighted by atomic mass is 32.2. The van der Waals surface area contributed by atoms with Gasteiger partial charge in [-0.1, -0.05) is 30.3 Å². The third-order valence-electron chi connectivity index (χ3n) is 4.10. The molecule has 4 nitrogen and oxygen atoms in total. The lowest BCUT2D eigenvalue weighted by Gasteiger charge is -2.12. The molecule has 1 aromatic heterocycles. The largest absolute Gasteiger partial charge is 0.282 e. The molecule has 7 heteroatoms. The van der Waals surface area contributed by atoms with Gasteiger partial charge >= 0.3 is 0 Å². The quantitative estimate of drug-likeness (QED) is 0.636. The zero-order valence-electron chi connectivity index (χ0n) is 14.7. The molecule has 2 aromatic carbocycles. The van der Waals surface area contributed by atoms with Crippen LogP contribution in [-0.2, 0) is 10.0 Å². The molecule has 0 saturated carbocycles. The lowest BCUT2D eigenvalue weighted by atomic mass is 9.99. The van der Waals surface area contributed by atoms with E-state index in [0.717, 1.165) is 16.0 Å². The molecular formula is C20H17FN2O2S2. The smallest absolute Gasteiger partial charge is 0.235 e. The van der Waals surface area contributed by atoms with Crippen LogP contribution in [0.5, 0.6) is 0 Å². The molecule has 0 aliphatic rings. The summed E-state index contributed by atoms with van der Waals surface area (Å²) < 4.78 is 40.3. The molecule has 0 saturated heterocycles. The second kappa shape index (κ2) is 7.51. The van der Waals surface area contributed by atoms with Gasteiger partial charge in [-0.25, -0.2) is 12.8 Å². The number of nitrogens with one attached hydrogen (secondary N) is 1. The molecule has 3 rings (SSSR count). The molecule has 0 fully saturated rings. The average Bonchev–Trinajstić information content (AvgIpc) is 3.09. The van der Waals surface area contributed by atoms with E-state index < -0.39 is 21.1 Å². The summed E-state index contributed by atoms with van der Waals surface area (Å²) in [6, 6.07) is 15.3. The molecule has 27 heavy (non-hydrogen) atoms. The van der Waals surface area contributed by atoms with Crippen molar-refractivity contribution in [2.24, 2.45) is 0 Å². The number of halogens is 1. The predicted octanol–water partition coefficient (Wildman–Crippen LogP) is 5.24. The third kappa shape index (κ3) is 4.02. The summed E-state index contributed by atoms with van der Waals surface area (Å²) in [6.07, 6.45) is 0. The normalized spacial score (nSPS) is 11.4. The van der Waals surface area contributed by atoms with Crippen LogP contribution in [-0.4, -0.2) is 13.7 Å². The van der Waals surface area contributed by atoms with Gasteiger partial charge < -0.3 is 0 Å². The maximum Gasteiger partial charge on any atom is 0.235 e. The van der Waals surface area contributed by atoms with Crippen molar-refractivity contribution in [3.63, 3.8) is 0 Å². The Morgan fingerprint density at radius 2 is 1.74 bits per heavy atom. The van der Waals surface area contributed by atoms with Gasteiger partial charge in [0.25, 0.3) is 0 Å². The van der Waals surface area contributed by atoms with Crippen LogP contribution in [0.2, 0.25) is 0 Å². The molecule has 1 N–H and O–H groups in total. The lowest BCUT2D eigenvalue weighted by Crippen LogP contribution is -2.22. The number of nitrogens with zero attached hydrogens (tertiary/aromatic N) is 1. The monoisotopic (exact) mass is 400 g/mol. The summed E-state index contributed by atoms with van der Waals surface area (Å²) in [6.45, 7) is 3.25. The maximum absolute atomic E-state index is 13.3. The fourth-order valence-electron chi connectivity index (χ4n) is 2.55. The van der Waals surface area contributed by atoms with E-state index in [4.69, 9.17) is 0 Å². The van der Waals surface area contributed by atoms with Crippen LogP contribution in [0.15, 0.2) is 53.9 Å². The highest BCUT2D eigenvalue weighted by Gasteiger charge is 2.18. The summed E-state index contributed by atoms with van der Waals surface area (Å²) in [4.78, 5) is 0.811. The van der Waals surface area contributed by atoms with Gasteiger partial charge in [0.1, 0.15) is 5.82 Å². The maximum atomic E-state index is 13.3. The molecule has 0 amide bonds. The summed E-state index contributed by atoms with van der Waals surface area (Å²) in [5, 5.41) is 10.5. The topological polar surface area (TPSA) is 70.0 Å². The van der Waals surface area contributed by atoms with Gasteiger partial charge in [0.15, 0.2) is 0 Å². The number of nitriles is 1. The molecule has 0 spiro atoms. The van der Waals surface area contributed by atoms with Crippen LogP contribution in [0.25, 0.3) is 21.6 Å². The number of rotatable bonds is 5. The molecule has 0 atom stereocenters. The molecule has 0 bridgehead atoms. The van der Waals surface area contributed by atoms with E-state index in [0.29, 0.717) is 11.3 Å². The average molecular weight is 401 g/mol. The molecule has 0 aliphatic heterocycles. The van der Waals surface area contributed by atoms with Crippen molar-refractivity contribution in [3.05, 3.63) is 65.3 Å². The van der Waals surface area contributed by atoms with E-state index in [9.17, 15) is 18.1 Å². The number of hydrogen-bond donors (Lipinski definition) is 1. The van der Waals surface area contributed by atoms with Gasteiger partial charge in [0.2, 0.25) is 10.0 Å². The van der Waals surface area contributed by atoms with Crippen LogP contribution >= 0.6 is 11.3 Å². The summed E-state index contributed by atoms with van der Waals surface area (Å²) in [5.74, 6) is -0.451. The second-order valence-corrected chi connectivity index (χ2v) is 9.39. The Labute approximate surface area is 162 Å². The third-order valence-corrected chi connectivity index (χ3v) is 6.81. The SMILES string of the molecule is CC(C)S(=O)(=O)Nc1ccsc1-c1ccc(-c2ccc(F)cc2C#N)cc1. The van der Waals surface area contributed by atoms with Crippen LogP contribution in [0, 0.1) is 17.1 Å². The van der Waals surface area contributed by atoms with Crippen molar-refractivity contribution in [1.29, 1.82) is 5.26 Å². The van der Waals surface area contributed by atoms with Gasteiger partial charge in [0.05, 0.1) is 27.4 Å². The Hall–Kier alpha value is -2.69. The number of sulfonamides is 1. The minimum atomic E-state index is -3.43. The summed E-state index contributed by atoms with van der Waals surface area (Å²) in [7, 11) is -3.43. The Kier molecular flexibility index (Phi) is 5.31. The number of thiophene rings is 1. The van der Waals surface area contributed by atoms with Gasteiger partial charge in [-0.2, -0.15) is 5.26 Å². The first-order chi connectivity index (χ1) is 12.8. The van der Waals surface area contributed by atoms with Gasteiger partial charge in [-0.15, -0.1) is 11.3 Å². The molecule has 1 heterocycles. The van der Waals surface area contributed by atoms with Crippen molar-refractivity contribution < 1.29 is 12.8 Å². The van der Waals surface area contributed by atoms with Gasteiger partial charge in [0, 0.05) is 0 Å².